The van der Waals surface area contributed by atoms with E-state index >= 15 is 0 Å². The molecule has 5 rings (SSSR count). The van der Waals surface area contributed by atoms with Crippen molar-refractivity contribution in [2.24, 2.45) is 0 Å². The summed E-state index contributed by atoms with van der Waals surface area (Å²) in [6.45, 7) is 0. The monoisotopic (exact) mass is 415 g/mol. The van der Waals surface area contributed by atoms with Crippen LogP contribution in [0.3, 0.4) is 0 Å². The molecular formula is C21H13N5OS2. The molecule has 0 fully saturated rings. The van der Waals surface area contributed by atoms with Crippen LogP contribution in [0, 0.1) is 0 Å². The highest BCUT2D eigenvalue weighted by Gasteiger charge is 2.16. The van der Waals surface area contributed by atoms with Crippen molar-refractivity contribution in [1.82, 2.24) is 20.2 Å². The van der Waals surface area contributed by atoms with Gasteiger partial charge in [0, 0.05) is 34.3 Å². The average Bonchev–Trinajstić information content (AvgIpc) is 3.45. The first-order valence-corrected chi connectivity index (χ1v) is 10.5. The Bertz CT molecular complexity index is 1300. The van der Waals surface area contributed by atoms with Gasteiger partial charge >= 0.3 is 0 Å². The van der Waals surface area contributed by atoms with Crippen molar-refractivity contribution in [2.75, 3.05) is 5.32 Å². The van der Waals surface area contributed by atoms with Gasteiger partial charge in [0.05, 0.1) is 16.8 Å². The van der Waals surface area contributed by atoms with Gasteiger partial charge in [0.1, 0.15) is 5.01 Å². The van der Waals surface area contributed by atoms with Crippen LogP contribution in [0.15, 0.2) is 71.7 Å². The third kappa shape index (κ3) is 3.51. The summed E-state index contributed by atoms with van der Waals surface area (Å²) >= 11 is 2.94. The Morgan fingerprint density at radius 2 is 1.93 bits per heavy atom. The molecule has 140 valence electrons. The summed E-state index contributed by atoms with van der Waals surface area (Å²) in [5.41, 5.74) is 3.82. The molecule has 5 aromatic rings. The topological polar surface area (TPSA) is 80.7 Å². The number of pyridine rings is 2. The number of amides is 1. The summed E-state index contributed by atoms with van der Waals surface area (Å²) in [5.74, 6) is -0.248. The summed E-state index contributed by atoms with van der Waals surface area (Å²) in [4.78, 5) is 21.9. The number of carbonyl (C=O) groups excluding carboxylic acids is 1. The van der Waals surface area contributed by atoms with Gasteiger partial charge in [-0.1, -0.05) is 29.5 Å². The van der Waals surface area contributed by atoms with Crippen LogP contribution in [0.2, 0.25) is 0 Å². The molecule has 0 aliphatic carbocycles. The van der Waals surface area contributed by atoms with E-state index in [9.17, 15) is 4.79 Å². The number of fused-ring (bicyclic) bond motifs is 1. The van der Waals surface area contributed by atoms with E-state index in [4.69, 9.17) is 0 Å². The molecule has 1 aromatic carbocycles. The van der Waals surface area contributed by atoms with Gasteiger partial charge in [-0.15, -0.1) is 10.2 Å². The molecule has 0 radical (unpaired) electrons. The SMILES string of the molecule is O=C(Nc1nnc(-c2ccsc2)s1)c1cc(-c2cccnc2)nc2ccccc12. The Kier molecular flexibility index (Phi) is 4.55. The lowest BCUT2D eigenvalue weighted by Gasteiger charge is -2.09. The molecular weight excluding hydrogens is 402 g/mol. The lowest BCUT2D eigenvalue weighted by Crippen LogP contribution is -2.13. The summed E-state index contributed by atoms with van der Waals surface area (Å²) < 4.78 is 0. The summed E-state index contributed by atoms with van der Waals surface area (Å²) in [7, 11) is 0. The fraction of sp³-hybridized carbons (Fsp3) is 0. The number of aromatic nitrogens is 4. The van der Waals surface area contributed by atoms with Gasteiger partial charge in [-0.2, -0.15) is 11.3 Å². The lowest BCUT2D eigenvalue weighted by atomic mass is 10.0. The molecule has 0 atom stereocenters. The molecule has 0 aliphatic rings. The average molecular weight is 416 g/mol. The van der Waals surface area contributed by atoms with Crippen molar-refractivity contribution >= 4 is 44.6 Å². The standard InChI is InChI=1S/C21H13N5OS2/c27-19(24-21-26-25-20(29-21)14-7-9-28-12-14)16-10-18(13-4-3-8-22-11-13)23-17-6-2-1-5-15(16)17/h1-12H,(H,24,26,27). The molecule has 0 bridgehead atoms. The number of para-hydroxylation sites is 1. The molecule has 1 N–H and O–H groups in total. The second kappa shape index (κ2) is 7.50. The van der Waals surface area contributed by atoms with E-state index in [2.05, 4.69) is 25.5 Å². The smallest absolute Gasteiger partial charge is 0.258 e. The van der Waals surface area contributed by atoms with Gasteiger partial charge in [0.2, 0.25) is 5.13 Å². The Labute approximate surface area is 173 Å². The normalized spacial score (nSPS) is 10.9. The molecule has 1 amide bonds. The highest BCUT2D eigenvalue weighted by molar-refractivity contribution is 7.19. The van der Waals surface area contributed by atoms with Crippen LogP contribution in [0.4, 0.5) is 5.13 Å². The number of nitrogens with one attached hydrogen (secondary N) is 1. The Morgan fingerprint density at radius 1 is 1.00 bits per heavy atom. The van der Waals surface area contributed by atoms with Crippen LogP contribution in [-0.4, -0.2) is 26.1 Å². The van der Waals surface area contributed by atoms with Crippen LogP contribution in [0.5, 0.6) is 0 Å². The number of carbonyl (C=O) groups is 1. The highest BCUT2D eigenvalue weighted by Crippen LogP contribution is 2.29. The van der Waals surface area contributed by atoms with E-state index in [-0.39, 0.29) is 5.91 Å². The molecule has 4 aromatic heterocycles. The predicted molar refractivity (Wildman–Crippen MR) is 116 cm³/mol. The number of rotatable bonds is 4. The number of benzene rings is 1. The Balaban J connectivity index is 1.52. The highest BCUT2D eigenvalue weighted by atomic mass is 32.1. The van der Waals surface area contributed by atoms with Gasteiger partial charge < -0.3 is 0 Å². The first kappa shape index (κ1) is 17.6. The first-order chi connectivity index (χ1) is 14.3. The summed E-state index contributed by atoms with van der Waals surface area (Å²) in [6, 6.07) is 15.1. The molecule has 0 saturated heterocycles. The van der Waals surface area contributed by atoms with Crippen molar-refractivity contribution in [2.45, 2.75) is 0 Å². The largest absolute Gasteiger partial charge is 0.296 e. The maximum atomic E-state index is 13.1. The lowest BCUT2D eigenvalue weighted by molar-refractivity contribution is 0.102. The maximum Gasteiger partial charge on any atom is 0.258 e. The fourth-order valence-corrected chi connectivity index (χ4v) is 4.42. The minimum Gasteiger partial charge on any atom is -0.296 e. The van der Waals surface area contributed by atoms with Gasteiger partial charge in [-0.05, 0) is 35.7 Å². The number of hydrogen-bond acceptors (Lipinski definition) is 7. The van der Waals surface area contributed by atoms with E-state index in [1.54, 1.807) is 29.8 Å². The molecule has 0 aliphatic heterocycles. The maximum absolute atomic E-state index is 13.1. The molecule has 4 heterocycles. The molecule has 0 unspecified atom stereocenters. The van der Waals surface area contributed by atoms with Crippen LogP contribution in [0.25, 0.3) is 32.7 Å². The van der Waals surface area contributed by atoms with Crippen molar-refractivity contribution in [3.63, 3.8) is 0 Å². The van der Waals surface area contributed by atoms with Crippen molar-refractivity contribution in [3.05, 3.63) is 77.2 Å². The van der Waals surface area contributed by atoms with E-state index in [1.807, 2.05) is 53.2 Å². The molecule has 8 heteroatoms. The first-order valence-electron chi connectivity index (χ1n) is 8.75. The number of thiophene rings is 1. The molecule has 0 saturated carbocycles. The predicted octanol–water partition coefficient (Wildman–Crippen LogP) is 5.13. The Morgan fingerprint density at radius 3 is 2.76 bits per heavy atom. The van der Waals surface area contributed by atoms with E-state index in [0.717, 1.165) is 27.0 Å². The number of hydrogen-bond donors (Lipinski definition) is 1. The molecule has 29 heavy (non-hydrogen) atoms. The zero-order valence-corrected chi connectivity index (χ0v) is 16.6. The zero-order valence-electron chi connectivity index (χ0n) is 14.9. The summed E-state index contributed by atoms with van der Waals surface area (Å²) in [6.07, 6.45) is 3.44. The fourth-order valence-electron chi connectivity index (χ4n) is 2.97. The van der Waals surface area contributed by atoms with E-state index in [0.29, 0.717) is 16.4 Å². The van der Waals surface area contributed by atoms with E-state index < -0.39 is 0 Å². The number of anilines is 1. The quantitative estimate of drug-likeness (QED) is 0.440. The Hall–Kier alpha value is -3.49. The minimum absolute atomic E-state index is 0.248. The van der Waals surface area contributed by atoms with Crippen molar-refractivity contribution in [1.29, 1.82) is 0 Å². The molecule has 6 nitrogen and oxygen atoms in total. The zero-order chi connectivity index (χ0) is 19.6. The van der Waals surface area contributed by atoms with E-state index in [1.165, 1.54) is 11.3 Å². The van der Waals surface area contributed by atoms with Gasteiger partial charge in [0.15, 0.2) is 0 Å². The third-order valence-corrected chi connectivity index (χ3v) is 5.90. The third-order valence-electron chi connectivity index (χ3n) is 4.33. The van der Waals surface area contributed by atoms with Crippen molar-refractivity contribution < 1.29 is 4.79 Å². The van der Waals surface area contributed by atoms with Crippen LogP contribution in [0.1, 0.15) is 10.4 Å². The second-order valence-corrected chi connectivity index (χ2v) is 7.95. The van der Waals surface area contributed by atoms with Crippen molar-refractivity contribution in [3.8, 4) is 21.8 Å². The van der Waals surface area contributed by atoms with Crippen LogP contribution >= 0.6 is 22.7 Å². The van der Waals surface area contributed by atoms with Crippen LogP contribution < -0.4 is 5.32 Å². The van der Waals surface area contributed by atoms with Gasteiger partial charge in [-0.3, -0.25) is 15.1 Å². The molecule has 0 spiro atoms. The minimum atomic E-state index is -0.248. The summed E-state index contributed by atoms with van der Waals surface area (Å²) in [5, 5.41) is 17.2. The van der Waals surface area contributed by atoms with Crippen LogP contribution in [-0.2, 0) is 0 Å². The second-order valence-electron chi connectivity index (χ2n) is 6.19. The van der Waals surface area contributed by atoms with Gasteiger partial charge in [0.25, 0.3) is 5.91 Å². The van der Waals surface area contributed by atoms with Gasteiger partial charge in [-0.25, -0.2) is 4.98 Å². The number of nitrogens with zero attached hydrogens (tertiary/aromatic N) is 4.